The highest BCUT2D eigenvalue weighted by atomic mass is 79.9. The number of thiol groups is 1. The van der Waals surface area contributed by atoms with E-state index in [0.717, 1.165) is 4.47 Å². The summed E-state index contributed by atoms with van der Waals surface area (Å²) in [5, 5.41) is 3.16. The number of carbonyl (C=O) groups excluding carboxylic acids is 1. The predicted molar refractivity (Wildman–Crippen MR) is 87.4 cm³/mol. The Morgan fingerprint density at radius 1 is 1.30 bits per heavy atom. The van der Waals surface area contributed by atoms with E-state index >= 15 is 0 Å². The smallest absolute Gasteiger partial charge is 0.257 e. The molecule has 2 aromatic rings. The van der Waals surface area contributed by atoms with Gasteiger partial charge in [0, 0.05) is 10.6 Å². The standard InChI is InChI=1S/C14H11BrClNO2S/c1-19-13-5-2-8(6-11(13)15)17-14(18)10-7-9(20)3-4-12(10)16/h2-7,20H,1H3,(H,17,18). The average Bonchev–Trinajstić information content (AvgIpc) is 2.41. The quantitative estimate of drug-likeness (QED) is 0.770. The van der Waals surface area contributed by atoms with Crippen molar-refractivity contribution in [2.75, 3.05) is 12.4 Å². The number of amides is 1. The fraction of sp³-hybridized carbons (Fsp3) is 0.0714. The van der Waals surface area contributed by atoms with Gasteiger partial charge in [0.2, 0.25) is 0 Å². The molecule has 3 nitrogen and oxygen atoms in total. The Balaban J connectivity index is 2.23. The van der Waals surface area contributed by atoms with Gasteiger partial charge in [-0.25, -0.2) is 0 Å². The number of ether oxygens (including phenoxy) is 1. The third kappa shape index (κ3) is 3.48. The largest absolute Gasteiger partial charge is 0.496 e. The molecule has 0 heterocycles. The minimum Gasteiger partial charge on any atom is -0.496 e. The van der Waals surface area contributed by atoms with Gasteiger partial charge < -0.3 is 10.1 Å². The first-order valence-electron chi connectivity index (χ1n) is 5.64. The van der Waals surface area contributed by atoms with Gasteiger partial charge in [0.1, 0.15) is 5.75 Å². The summed E-state index contributed by atoms with van der Waals surface area (Å²) in [4.78, 5) is 12.9. The number of anilines is 1. The van der Waals surface area contributed by atoms with Crippen LogP contribution in [-0.2, 0) is 0 Å². The molecule has 104 valence electrons. The van der Waals surface area contributed by atoms with Crippen molar-refractivity contribution in [2.45, 2.75) is 4.90 Å². The van der Waals surface area contributed by atoms with Crippen LogP contribution < -0.4 is 10.1 Å². The minimum atomic E-state index is -0.289. The molecule has 1 amide bonds. The number of hydrogen-bond acceptors (Lipinski definition) is 3. The maximum atomic E-state index is 12.2. The van der Waals surface area contributed by atoms with Crippen molar-refractivity contribution in [1.82, 2.24) is 0 Å². The monoisotopic (exact) mass is 371 g/mol. The van der Waals surface area contributed by atoms with Gasteiger partial charge in [0.25, 0.3) is 5.91 Å². The van der Waals surface area contributed by atoms with E-state index in [-0.39, 0.29) is 5.91 Å². The maximum absolute atomic E-state index is 12.2. The molecule has 20 heavy (non-hydrogen) atoms. The molecule has 0 unspecified atom stereocenters. The van der Waals surface area contributed by atoms with E-state index in [4.69, 9.17) is 16.3 Å². The molecule has 0 spiro atoms. The predicted octanol–water partition coefficient (Wildman–Crippen LogP) is 4.65. The molecule has 0 saturated carbocycles. The Morgan fingerprint density at radius 2 is 2.05 bits per heavy atom. The van der Waals surface area contributed by atoms with Crippen molar-refractivity contribution in [1.29, 1.82) is 0 Å². The Labute approximate surface area is 135 Å². The Hall–Kier alpha value is -1.17. The van der Waals surface area contributed by atoms with E-state index in [1.54, 1.807) is 43.5 Å². The van der Waals surface area contributed by atoms with Gasteiger partial charge in [-0.2, -0.15) is 0 Å². The van der Waals surface area contributed by atoms with Gasteiger partial charge >= 0.3 is 0 Å². The van der Waals surface area contributed by atoms with Gasteiger partial charge in [0.15, 0.2) is 0 Å². The summed E-state index contributed by atoms with van der Waals surface area (Å²) >= 11 is 13.6. The van der Waals surface area contributed by atoms with Crippen LogP contribution in [0.25, 0.3) is 0 Å². The SMILES string of the molecule is COc1ccc(NC(=O)c2cc(S)ccc2Cl)cc1Br. The number of nitrogens with one attached hydrogen (secondary N) is 1. The summed E-state index contributed by atoms with van der Waals surface area (Å²) < 4.78 is 5.89. The molecule has 0 aliphatic carbocycles. The highest BCUT2D eigenvalue weighted by Crippen LogP contribution is 2.28. The van der Waals surface area contributed by atoms with Crippen LogP contribution in [0, 0.1) is 0 Å². The van der Waals surface area contributed by atoms with Crippen LogP contribution >= 0.6 is 40.2 Å². The van der Waals surface area contributed by atoms with Gasteiger partial charge in [-0.1, -0.05) is 11.6 Å². The van der Waals surface area contributed by atoms with Crippen molar-refractivity contribution in [3.8, 4) is 5.75 Å². The topological polar surface area (TPSA) is 38.3 Å². The Morgan fingerprint density at radius 3 is 2.70 bits per heavy atom. The van der Waals surface area contributed by atoms with E-state index in [1.807, 2.05) is 0 Å². The summed E-state index contributed by atoms with van der Waals surface area (Å²) in [5.74, 6) is 0.404. The maximum Gasteiger partial charge on any atom is 0.257 e. The molecule has 6 heteroatoms. The molecule has 1 N–H and O–H groups in total. The molecule has 0 aliphatic heterocycles. The van der Waals surface area contributed by atoms with Gasteiger partial charge in [0.05, 0.1) is 22.2 Å². The lowest BCUT2D eigenvalue weighted by atomic mass is 10.2. The fourth-order valence-electron chi connectivity index (χ4n) is 1.63. The highest BCUT2D eigenvalue weighted by molar-refractivity contribution is 9.10. The third-order valence-electron chi connectivity index (χ3n) is 2.60. The molecule has 0 saturated heterocycles. The van der Waals surface area contributed by atoms with E-state index < -0.39 is 0 Å². The zero-order chi connectivity index (χ0) is 14.7. The third-order valence-corrected chi connectivity index (χ3v) is 3.83. The lowest BCUT2D eigenvalue weighted by Gasteiger charge is -2.09. The Kier molecular flexibility index (Phi) is 4.96. The van der Waals surface area contributed by atoms with E-state index in [0.29, 0.717) is 26.9 Å². The first-order chi connectivity index (χ1) is 9.51. The summed E-state index contributed by atoms with van der Waals surface area (Å²) in [5.41, 5.74) is 1.02. The summed E-state index contributed by atoms with van der Waals surface area (Å²) in [6.07, 6.45) is 0. The zero-order valence-corrected chi connectivity index (χ0v) is 13.7. The van der Waals surface area contributed by atoms with Crippen molar-refractivity contribution in [3.05, 3.63) is 51.5 Å². The fourth-order valence-corrected chi connectivity index (χ4v) is 2.58. The van der Waals surface area contributed by atoms with E-state index in [9.17, 15) is 4.79 Å². The molecule has 0 atom stereocenters. The first kappa shape index (κ1) is 15.2. The van der Waals surface area contributed by atoms with Crippen LogP contribution in [0.4, 0.5) is 5.69 Å². The average molecular weight is 373 g/mol. The van der Waals surface area contributed by atoms with Crippen LogP contribution in [0.1, 0.15) is 10.4 Å². The summed E-state index contributed by atoms with van der Waals surface area (Å²) in [7, 11) is 1.58. The first-order valence-corrected chi connectivity index (χ1v) is 7.26. The number of hydrogen-bond donors (Lipinski definition) is 2. The number of methoxy groups -OCH3 is 1. The van der Waals surface area contributed by atoms with E-state index in [2.05, 4.69) is 33.9 Å². The van der Waals surface area contributed by atoms with Crippen molar-refractivity contribution in [2.24, 2.45) is 0 Å². The lowest BCUT2D eigenvalue weighted by Crippen LogP contribution is -2.12. The molecular formula is C14H11BrClNO2S. The normalized spacial score (nSPS) is 10.2. The number of benzene rings is 2. The molecule has 0 radical (unpaired) electrons. The Bertz CT molecular complexity index is 664. The lowest BCUT2D eigenvalue weighted by molar-refractivity contribution is 0.102. The number of halogens is 2. The van der Waals surface area contributed by atoms with Gasteiger partial charge in [-0.15, -0.1) is 12.6 Å². The van der Waals surface area contributed by atoms with Crippen molar-refractivity contribution < 1.29 is 9.53 Å². The molecule has 0 bridgehead atoms. The molecule has 2 rings (SSSR count). The number of carbonyl (C=O) groups is 1. The van der Waals surface area contributed by atoms with E-state index in [1.165, 1.54) is 0 Å². The van der Waals surface area contributed by atoms with Crippen LogP contribution in [-0.4, -0.2) is 13.0 Å². The second-order valence-corrected chi connectivity index (χ2v) is 5.75. The van der Waals surface area contributed by atoms with Crippen LogP contribution in [0.2, 0.25) is 5.02 Å². The van der Waals surface area contributed by atoms with Crippen LogP contribution in [0.5, 0.6) is 5.75 Å². The van der Waals surface area contributed by atoms with Crippen LogP contribution in [0.15, 0.2) is 45.8 Å². The van der Waals surface area contributed by atoms with Crippen molar-refractivity contribution >= 4 is 51.8 Å². The number of rotatable bonds is 3. The second kappa shape index (κ2) is 6.52. The summed E-state index contributed by atoms with van der Waals surface area (Å²) in [6, 6.07) is 10.3. The molecule has 0 aliphatic rings. The minimum absolute atomic E-state index is 0.289. The van der Waals surface area contributed by atoms with Gasteiger partial charge in [-0.05, 0) is 52.3 Å². The molecule has 0 fully saturated rings. The molecule has 2 aromatic carbocycles. The zero-order valence-electron chi connectivity index (χ0n) is 10.5. The summed E-state index contributed by atoms with van der Waals surface area (Å²) in [6.45, 7) is 0. The van der Waals surface area contributed by atoms with Gasteiger partial charge in [-0.3, -0.25) is 4.79 Å². The van der Waals surface area contributed by atoms with Crippen molar-refractivity contribution in [3.63, 3.8) is 0 Å². The highest BCUT2D eigenvalue weighted by Gasteiger charge is 2.12. The molecular weight excluding hydrogens is 362 g/mol. The second-order valence-electron chi connectivity index (χ2n) is 3.97. The van der Waals surface area contributed by atoms with Crippen LogP contribution in [0.3, 0.4) is 0 Å². The molecule has 0 aromatic heterocycles.